The van der Waals surface area contributed by atoms with Gasteiger partial charge in [0, 0.05) is 19.1 Å². The summed E-state index contributed by atoms with van der Waals surface area (Å²) < 4.78 is 0. The van der Waals surface area contributed by atoms with Crippen molar-refractivity contribution in [3.8, 4) is 0 Å². The fourth-order valence-corrected chi connectivity index (χ4v) is 3.06. The minimum Gasteiger partial charge on any atom is -0.481 e. The number of hydrogen-bond acceptors (Lipinski definition) is 3. The molecule has 1 saturated carbocycles. The first-order valence-electron chi connectivity index (χ1n) is 8.11. The lowest BCUT2D eigenvalue weighted by molar-refractivity contribution is -0.146. The van der Waals surface area contributed by atoms with Crippen LogP contribution in [0.3, 0.4) is 0 Å². The van der Waals surface area contributed by atoms with Gasteiger partial charge in [0.25, 0.3) is 0 Å². The van der Waals surface area contributed by atoms with Gasteiger partial charge in [-0.25, -0.2) is 0 Å². The van der Waals surface area contributed by atoms with E-state index in [4.69, 9.17) is 0 Å². The van der Waals surface area contributed by atoms with E-state index in [9.17, 15) is 14.7 Å². The molecule has 0 spiro atoms. The van der Waals surface area contributed by atoms with Gasteiger partial charge in [-0.2, -0.15) is 0 Å². The molecule has 4 atom stereocenters. The number of amides is 1. The Kier molecular flexibility index (Phi) is 7.15. The van der Waals surface area contributed by atoms with Crippen LogP contribution in [-0.2, 0) is 9.59 Å². The van der Waals surface area contributed by atoms with E-state index >= 15 is 0 Å². The molecule has 21 heavy (non-hydrogen) atoms. The van der Waals surface area contributed by atoms with Gasteiger partial charge in [-0.1, -0.05) is 20.3 Å². The predicted octanol–water partition coefficient (Wildman–Crippen LogP) is 1.97. The largest absolute Gasteiger partial charge is 0.481 e. The number of rotatable bonds is 8. The molecule has 0 aliphatic heterocycles. The Morgan fingerprint density at radius 2 is 1.90 bits per heavy atom. The van der Waals surface area contributed by atoms with Crippen molar-refractivity contribution in [2.75, 3.05) is 20.1 Å². The van der Waals surface area contributed by atoms with Crippen molar-refractivity contribution in [2.24, 2.45) is 17.8 Å². The highest BCUT2D eigenvalue weighted by Gasteiger charge is 2.41. The Morgan fingerprint density at radius 3 is 2.43 bits per heavy atom. The Labute approximate surface area is 128 Å². The Morgan fingerprint density at radius 1 is 1.29 bits per heavy atom. The molecular weight excluding hydrogens is 268 g/mol. The third-order valence-corrected chi connectivity index (χ3v) is 5.00. The fourth-order valence-electron chi connectivity index (χ4n) is 3.06. The standard InChI is InChI=1S/C16H30N2O3/c1-5-11(3)18(4)8-7-17-15(19)13-9-12(6-2)10-14(13)16(20)21/h11-14H,5-10H2,1-4H3,(H,17,19)(H,20,21). The highest BCUT2D eigenvalue weighted by atomic mass is 16.4. The summed E-state index contributed by atoms with van der Waals surface area (Å²) in [6, 6.07) is 0.490. The van der Waals surface area contributed by atoms with Crippen LogP contribution < -0.4 is 5.32 Å². The summed E-state index contributed by atoms with van der Waals surface area (Å²) in [6.45, 7) is 7.73. The van der Waals surface area contributed by atoms with Crippen molar-refractivity contribution in [3.63, 3.8) is 0 Å². The average molecular weight is 298 g/mol. The van der Waals surface area contributed by atoms with Gasteiger partial charge in [0.05, 0.1) is 11.8 Å². The van der Waals surface area contributed by atoms with E-state index in [-0.39, 0.29) is 11.8 Å². The van der Waals surface area contributed by atoms with Crippen LogP contribution in [0.15, 0.2) is 0 Å². The van der Waals surface area contributed by atoms with E-state index < -0.39 is 11.9 Å². The molecule has 0 heterocycles. The van der Waals surface area contributed by atoms with Gasteiger partial charge < -0.3 is 15.3 Å². The zero-order valence-corrected chi connectivity index (χ0v) is 13.8. The summed E-state index contributed by atoms with van der Waals surface area (Å²) >= 11 is 0. The lowest BCUT2D eigenvalue weighted by atomic mass is 9.95. The number of carboxylic acid groups (broad SMARTS) is 1. The van der Waals surface area contributed by atoms with Gasteiger partial charge in [-0.3, -0.25) is 9.59 Å². The van der Waals surface area contributed by atoms with E-state index in [2.05, 4.69) is 31.0 Å². The van der Waals surface area contributed by atoms with Crippen molar-refractivity contribution < 1.29 is 14.7 Å². The van der Waals surface area contributed by atoms with Gasteiger partial charge in [0.1, 0.15) is 0 Å². The van der Waals surface area contributed by atoms with Crippen LogP contribution in [0.25, 0.3) is 0 Å². The predicted molar refractivity (Wildman–Crippen MR) is 83.0 cm³/mol. The number of likely N-dealkylation sites (N-methyl/N-ethyl adjacent to an activating group) is 1. The summed E-state index contributed by atoms with van der Waals surface area (Å²) in [5.74, 6) is -1.42. The van der Waals surface area contributed by atoms with Crippen LogP contribution in [0.4, 0.5) is 0 Å². The molecule has 0 bridgehead atoms. The minimum absolute atomic E-state index is 0.0871. The Balaban J connectivity index is 2.45. The molecule has 4 unspecified atom stereocenters. The zero-order chi connectivity index (χ0) is 16.0. The van der Waals surface area contributed by atoms with Gasteiger partial charge in [-0.05, 0) is 39.2 Å². The van der Waals surface area contributed by atoms with E-state index in [1.165, 1.54) is 0 Å². The minimum atomic E-state index is -0.831. The smallest absolute Gasteiger partial charge is 0.307 e. The van der Waals surface area contributed by atoms with E-state index in [0.29, 0.717) is 31.3 Å². The van der Waals surface area contributed by atoms with Gasteiger partial charge >= 0.3 is 5.97 Å². The van der Waals surface area contributed by atoms with Crippen LogP contribution in [-0.4, -0.2) is 48.1 Å². The molecule has 0 saturated heterocycles. The van der Waals surface area contributed by atoms with Crippen LogP contribution in [0.1, 0.15) is 46.5 Å². The Hall–Kier alpha value is -1.10. The molecule has 1 aliphatic rings. The van der Waals surface area contributed by atoms with Crippen molar-refractivity contribution >= 4 is 11.9 Å². The molecule has 1 rings (SSSR count). The van der Waals surface area contributed by atoms with Crippen LogP contribution >= 0.6 is 0 Å². The van der Waals surface area contributed by atoms with E-state index in [1.54, 1.807) is 0 Å². The quantitative estimate of drug-likeness (QED) is 0.719. The summed E-state index contributed by atoms with van der Waals surface area (Å²) in [7, 11) is 2.04. The van der Waals surface area contributed by atoms with Crippen LogP contribution in [0, 0.1) is 17.8 Å². The van der Waals surface area contributed by atoms with Crippen molar-refractivity contribution in [1.82, 2.24) is 10.2 Å². The third-order valence-electron chi connectivity index (χ3n) is 5.00. The highest BCUT2D eigenvalue weighted by molar-refractivity contribution is 5.85. The molecule has 1 fully saturated rings. The van der Waals surface area contributed by atoms with E-state index in [1.807, 2.05) is 7.05 Å². The molecular formula is C16H30N2O3. The summed E-state index contributed by atoms with van der Waals surface area (Å²) in [6.07, 6.45) is 3.37. The molecule has 5 heteroatoms. The summed E-state index contributed by atoms with van der Waals surface area (Å²) in [5, 5.41) is 12.2. The number of carbonyl (C=O) groups excluding carboxylic acids is 1. The van der Waals surface area contributed by atoms with Crippen LogP contribution in [0.5, 0.6) is 0 Å². The number of carbonyl (C=O) groups is 2. The first kappa shape index (κ1) is 18.0. The van der Waals surface area contributed by atoms with Crippen LogP contribution in [0.2, 0.25) is 0 Å². The van der Waals surface area contributed by atoms with Crippen molar-refractivity contribution in [3.05, 3.63) is 0 Å². The second-order valence-corrected chi connectivity index (χ2v) is 6.33. The maximum atomic E-state index is 12.2. The second-order valence-electron chi connectivity index (χ2n) is 6.33. The maximum absolute atomic E-state index is 12.2. The number of hydrogen-bond donors (Lipinski definition) is 2. The number of aliphatic carboxylic acids is 1. The lowest BCUT2D eigenvalue weighted by Gasteiger charge is -2.24. The second kappa shape index (κ2) is 8.37. The summed E-state index contributed by atoms with van der Waals surface area (Å²) in [4.78, 5) is 25.8. The number of nitrogens with one attached hydrogen (secondary N) is 1. The van der Waals surface area contributed by atoms with Crippen molar-refractivity contribution in [2.45, 2.75) is 52.5 Å². The normalized spacial score (nSPS) is 26.8. The Bertz CT molecular complexity index is 359. The topological polar surface area (TPSA) is 69.6 Å². The molecule has 0 aromatic rings. The maximum Gasteiger partial charge on any atom is 0.307 e. The fraction of sp³-hybridized carbons (Fsp3) is 0.875. The van der Waals surface area contributed by atoms with Gasteiger partial charge in [0.2, 0.25) is 5.91 Å². The molecule has 122 valence electrons. The number of carboxylic acids is 1. The molecule has 1 aliphatic carbocycles. The van der Waals surface area contributed by atoms with E-state index in [0.717, 1.165) is 19.4 Å². The first-order valence-corrected chi connectivity index (χ1v) is 8.11. The SMILES string of the molecule is CCC1CC(C(=O)O)C(C(=O)NCCN(C)C(C)CC)C1. The average Bonchev–Trinajstić information content (AvgIpc) is 2.90. The zero-order valence-electron chi connectivity index (χ0n) is 13.8. The van der Waals surface area contributed by atoms with Gasteiger partial charge in [0.15, 0.2) is 0 Å². The summed E-state index contributed by atoms with van der Waals surface area (Å²) in [5.41, 5.74) is 0. The highest BCUT2D eigenvalue weighted by Crippen LogP contribution is 2.38. The molecule has 0 radical (unpaired) electrons. The molecule has 0 aromatic heterocycles. The monoisotopic (exact) mass is 298 g/mol. The molecule has 1 amide bonds. The lowest BCUT2D eigenvalue weighted by Crippen LogP contribution is -2.40. The number of nitrogens with zero attached hydrogens (tertiary/aromatic N) is 1. The van der Waals surface area contributed by atoms with Crippen molar-refractivity contribution in [1.29, 1.82) is 0 Å². The molecule has 2 N–H and O–H groups in total. The van der Waals surface area contributed by atoms with Gasteiger partial charge in [-0.15, -0.1) is 0 Å². The first-order chi connectivity index (χ1) is 9.90. The molecule has 5 nitrogen and oxygen atoms in total. The third kappa shape index (κ3) is 4.99. The molecule has 0 aromatic carbocycles.